The van der Waals surface area contributed by atoms with Crippen LogP contribution in [0.15, 0.2) is 42.1 Å². The highest BCUT2D eigenvalue weighted by atomic mass is 32.2. The number of nitrogens with zero attached hydrogens (tertiary/aromatic N) is 2. The zero-order valence-corrected chi connectivity index (χ0v) is 22.2. The van der Waals surface area contributed by atoms with Crippen molar-refractivity contribution < 1.29 is 22.4 Å². The van der Waals surface area contributed by atoms with Gasteiger partial charge in [-0.15, -0.1) is 12.3 Å². The van der Waals surface area contributed by atoms with Crippen LogP contribution in [0.1, 0.15) is 24.8 Å². The van der Waals surface area contributed by atoms with Crippen molar-refractivity contribution in [3.63, 3.8) is 0 Å². The van der Waals surface area contributed by atoms with E-state index in [4.69, 9.17) is 12.2 Å². The van der Waals surface area contributed by atoms with Crippen LogP contribution in [0.3, 0.4) is 0 Å². The molecule has 0 aliphatic heterocycles. The van der Waals surface area contributed by atoms with Crippen molar-refractivity contribution in [2.24, 2.45) is 11.7 Å². The number of sulfonamides is 1. The molecule has 1 atom stereocenters. The van der Waals surface area contributed by atoms with Gasteiger partial charge in [-0.2, -0.15) is 0 Å². The third-order valence-corrected chi connectivity index (χ3v) is 7.37. The summed E-state index contributed by atoms with van der Waals surface area (Å²) < 4.78 is 39.9. The van der Waals surface area contributed by atoms with E-state index in [9.17, 15) is 22.4 Å². The predicted molar refractivity (Wildman–Crippen MR) is 143 cm³/mol. The number of hydrogen-bond acceptors (Lipinski definition) is 6. The molecule has 1 rings (SSSR count). The van der Waals surface area contributed by atoms with Crippen LogP contribution >= 0.6 is 0 Å². The highest BCUT2D eigenvalue weighted by molar-refractivity contribution is 7.89. The molecule has 0 spiro atoms. The summed E-state index contributed by atoms with van der Waals surface area (Å²) in [6.07, 6.45) is 8.48. The Balaban J connectivity index is 3.07. The number of halogens is 1. The summed E-state index contributed by atoms with van der Waals surface area (Å²) in [7, 11) is -0.970. The fourth-order valence-electron chi connectivity index (χ4n) is 3.17. The Morgan fingerprint density at radius 2 is 1.89 bits per heavy atom. The van der Waals surface area contributed by atoms with Crippen LogP contribution in [0.2, 0.25) is 0 Å². The van der Waals surface area contributed by atoms with Gasteiger partial charge >= 0.3 is 0 Å². The molecule has 0 bridgehead atoms. The van der Waals surface area contributed by atoms with E-state index < -0.39 is 40.3 Å². The second-order valence-electron chi connectivity index (χ2n) is 8.44. The molecule has 1 aromatic rings. The molecule has 0 aromatic heterocycles. The summed E-state index contributed by atoms with van der Waals surface area (Å²) in [5.74, 6) is 2.19. The predicted octanol–water partition coefficient (Wildman–Crippen LogP) is 0.805. The Hall–Kier alpha value is -3.38. The summed E-state index contributed by atoms with van der Waals surface area (Å²) in [5.41, 5.74) is 5.83. The van der Waals surface area contributed by atoms with Gasteiger partial charge in [0.15, 0.2) is 0 Å². The van der Waals surface area contributed by atoms with Crippen molar-refractivity contribution in [3.8, 4) is 24.3 Å². The van der Waals surface area contributed by atoms with Gasteiger partial charge in [0.1, 0.15) is 12.5 Å². The Morgan fingerprint density at radius 3 is 2.51 bits per heavy atom. The zero-order valence-electron chi connectivity index (χ0n) is 21.4. The minimum atomic E-state index is -3.89. The van der Waals surface area contributed by atoms with E-state index in [1.807, 2.05) is 6.07 Å². The molecule has 0 unspecified atom stereocenters. The number of alkyl halides is 1. The van der Waals surface area contributed by atoms with Crippen LogP contribution < -0.4 is 16.4 Å². The molecule has 0 aliphatic rings. The van der Waals surface area contributed by atoms with Crippen molar-refractivity contribution in [2.45, 2.75) is 25.7 Å². The maximum atomic E-state index is 13.3. The maximum absolute atomic E-state index is 13.3. The monoisotopic (exact) mass is 533 g/mol. The maximum Gasteiger partial charge on any atom is 0.268 e. The van der Waals surface area contributed by atoms with E-state index in [2.05, 4.69) is 28.5 Å². The molecular formula is C26H36FN5O4S. The molecule has 0 radical (unpaired) electrons. The molecule has 0 aliphatic carbocycles. The average Bonchev–Trinajstić information content (AvgIpc) is 2.88. The van der Waals surface area contributed by atoms with Crippen LogP contribution in [-0.4, -0.2) is 75.7 Å². The van der Waals surface area contributed by atoms with Crippen molar-refractivity contribution in [1.82, 2.24) is 19.8 Å². The molecule has 0 heterocycles. The first kappa shape index (κ1) is 31.6. The molecule has 202 valence electrons. The molecular weight excluding hydrogens is 497 g/mol. The fourth-order valence-corrected chi connectivity index (χ4v) is 4.57. The van der Waals surface area contributed by atoms with Crippen molar-refractivity contribution in [3.05, 3.63) is 47.7 Å². The second kappa shape index (κ2) is 17.1. The first-order valence-electron chi connectivity index (χ1n) is 11.8. The van der Waals surface area contributed by atoms with Crippen molar-refractivity contribution >= 4 is 21.8 Å². The number of hydrogen-bond donors (Lipinski definition) is 3. The number of allylic oxidation sites excluding steroid dienone is 1. The van der Waals surface area contributed by atoms with Gasteiger partial charge in [0.25, 0.3) is 5.91 Å². The molecule has 0 fully saturated rings. The molecule has 4 N–H and O–H groups in total. The molecule has 2 amide bonds. The van der Waals surface area contributed by atoms with E-state index in [0.717, 1.165) is 16.3 Å². The highest BCUT2D eigenvalue weighted by Gasteiger charge is 2.30. The first-order chi connectivity index (χ1) is 17.6. The number of nitrogens with one attached hydrogen (secondary N) is 2. The minimum Gasteiger partial charge on any atom is -0.359 e. The third-order valence-electron chi connectivity index (χ3n) is 5.42. The lowest BCUT2D eigenvalue weighted by Gasteiger charge is -2.23. The Kier molecular flexibility index (Phi) is 14.7. The number of amides is 2. The van der Waals surface area contributed by atoms with Gasteiger partial charge < -0.3 is 16.4 Å². The van der Waals surface area contributed by atoms with Crippen LogP contribution in [0, 0.1) is 30.2 Å². The average molecular weight is 534 g/mol. The summed E-state index contributed by atoms with van der Waals surface area (Å²) in [5, 5.41) is 5.21. The topological polar surface area (TPSA) is 125 Å². The first-order valence-corrected chi connectivity index (χ1v) is 13.4. The number of benzene rings is 1. The number of likely N-dealkylation sites (N-methyl/N-ethyl adjacent to an activating group) is 2. The Labute approximate surface area is 219 Å². The Bertz CT molecular complexity index is 1110. The van der Waals surface area contributed by atoms with Crippen LogP contribution in [-0.2, 0) is 26.0 Å². The smallest absolute Gasteiger partial charge is 0.268 e. The molecule has 11 heteroatoms. The minimum absolute atomic E-state index is 0.0573. The number of unbranched alkanes of at least 4 members (excludes halogenated alkanes) is 2. The van der Waals surface area contributed by atoms with Crippen LogP contribution in [0.5, 0.6) is 0 Å². The molecule has 0 saturated heterocycles. The van der Waals surface area contributed by atoms with Gasteiger partial charge in [-0.25, -0.2) is 17.1 Å². The van der Waals surface area contributed by atoms with Crippen LogP contribution in [0.4, 0.5) is 4.39 Å². The van der Waals surface area contributed by atoms with Crippen molar-refractivity contribution in [2.75, 3.05) is 46.3 Å². The lowest BCUT2D eigenvalue weighted by molar-refractivity contribution is -0.126. The summed E-state index contributed by atoms with van der Waals surface area (Å²) in [6, 6.07) is 11.1. The molecule has 37 heavy (non-hydrogen) atoms. The summed E-state index contributed by atoms with van der Waals surface area (Å²) in [4.78, 5) is 27.3. The standard InChI is InChI=1S/C26H36FN5O4S/c1-4-5-6-10-16-29-26(34)24(14-11-15-28)30-25(33)23(19-22-12-8-7-9-13-22)20-37(35,36)32(3)18-17-31(2)21-27/h1,7-9,12-14,23H,5-6,10,16-21,28H2,2-3H3,(H,29,34)(H,30,33)/b24-14+/t23-/m1/s1. The number of carbonyl (C=O) groups excluding carboxylic acids is 2. The lowest BCUT2D eigenvalue weighted by Crippen LogP contribution is -2.43. The van der Waals surface area contributed by atoms with Gasteiger partial charge in [-0.3, -0.25) is 14.5 Å². The number of carbonyl (C=O) groups is 2. The molecule has 9 nitrogen and oxygen atoms in total. The molecule has 1 aromatic carbocycles. The number of rotatable bonds is 16. The van der Waals surface area contributed by atoms with Crippen LogP contribution in [0.25, 0.3) is 0 Å². The van der Waals surface area contributed by atoms with Gasteiger partial charge in [0.05, 0.1) is 11.7 Å². The van der Waals surface area contributed by atoms with Gasteiger partial charge in [0, 0.05) is 45.2 Å². The van der Waals surface area contributed by atoms with Gasteiger partial charge in [-0.05, 0) is 37.8 Å². The quantitative estimate of drug-likeness (QED) is 0.0950. The van der Waals surface area contributed by atoms with E-state index in [1.165, 1.54) is 25.1 Å². The van der Waals surface area contributed by atoms with Gasteiger partial charge in [0.2, 0.25) is 15.9 Å². The SMILES string of the molecule is C#CCCCCNC(=O)/C(=C\C#CN)NC(=O)[C@H](Cc1ccccc1)CS(=O)(=O)N(C)CCN(C)CF. The summed E-state index contributed by atoms with van der Waals surface area (Å²) >= 11 is 0. The van der Waals surface area contributed by atoms with E-state index in [1.54, 1.807) is 24.3 Å². The highest BCUT2D eigenvalue weighted by Crippen LogP contribution is 2.15. The lowest BCUT2D eigenvalue weighted by atomic mass is 10.00. The summed E-state index contributed by atoms with van der Waals surface area (Å²) in [6.45, 7) is -0.126. The fraction of sp³-hybridized carbons (Fsp3) is 0.462. The van der Waals surface area contributed by atoms with Crippen molar-refractivity contribution in [1.29, 1.82) is 0 Å². The van der Waals surface area contributed by atoms with E-state index in [-0.39, 0.29) is 25.2 Å². The normalized spacial score (nSPS) is 12.4. The Morgan fingerprint density at radius 1 is 1.19 bits per heavy atom. The third kappa shape index (κ3) is 12.4. The molecule has 0 saturated carbocycles. The number of nitrogens with two attached hydrogens (primary N) is 1. The second-order valence-corrected chi connectivity index (χ2v) is 10.6. The number of terminal acetylenes is 1. The van der Waals surface area contributed by atoms with E-state index in [0.29, 0.717) is 19.4 Å². The largest absolute Gasteiger partial charge is 0.359 e. The van der Waals surface area contributed by atoms with E-state index >= 15 is 0 Å². The van der Waals surface area contributed by atoms with Gasteiger partial charge in [-0.1, -0.05) is 30.3 Å². The zero-order chi connectivity index (χ0) is 27.7.